The summed E-state index contributed by atoms with van der Waals surface area (Å²) in [6.45, 7) is 1.02. The Bertz CT molecular complexity index is 804. The second-order valence-electron chi connectivity index (χ2n) is 5.33. The van der Waals surface area contributed by atoms with Gasteiger partial charge in [0.05, 0.1) is 25.5 Å². The standard InChI is InChI=1S/C20H21N3O3S/c21-14-16(15-22-10-12-26-13-11-24)20(25)23-18-8-4-5-9-19(18)27-17-6-2-1-3-7-17/h1-9,15,22,24H,10-13H2,(H,23,25)/b16-15-. The fourth-order valence-corrected chi connectivity index (χ4v) is 3.01. The monoisotopic (exact) mass is 383 g/mol. The Balaban J connectivity index is 1.98. The number of nitrogens with one attached hydrogen (secondary N) is 2. The maximum absolute atomic E-state index is 12.4. The average Bonchev–Trinajstić information content (AvgIpc) is 2.69. The number of aliphatic hydroxyl groups is 1. The van der Waals surface area contributed by atoms with Crippen LogP contribution >= 0.6 is 11.8 Å². The predicted molar refractivity (Wildman–Crippen MR) is 105 cm³/mol. The molecule has 0 atom stereocenters. The molecular weight excluding hydrogens is 362 g/mol. The van der Waals surface area contributed by atoms with Crippen molar-refractivity contribution in [3.05, 3.63) is 66.4 Å². The molecule has 0 radical (unpaired) electrons. The van der Waals surface area contributed by atoms with Crippen molar-refractivity contribution < 1.29 is 14.6 Å². The molecule has 6 nitrogen and oxygen atoms in total. The van der Waals surface area contributed by atoms with Gasteiger partial charge in [-0.15, -0.1) is 0 Å². The summed E-state index contributed by atoms with van der Waals surface area (Å²) in [5.74, 6) is -0.484. The lowest BCUT2D eigenvalue weighted by Gasteiger charge is -2.10. The predicted octanol–water partition coefficient (Wildman–Crippen LogP) is 2.78. The van der Waals surface area contributed by atoms with E-state index in [9.17, 15) is 10.1 Å². The second kappa shape index (κ2) is 11.8. The van der Waals surface area contributed by atoms with E-state index in [4.69, 9.17) is 9.84 Å². The SMILES string of the molecule is N#C/C(=C/NCCOCCO)C(=O)Nc1ccccc1Sc1ccccc1. The van der Waals surface area contributed by atoms with Crippen LogP contribution in [0.1, 0.15) is 0 Å². The third-order valence-corrected chi connectivity index (χ3v) is 4.43. The zero-order valence-electron chi connectivity index (χ0n) is 14.7. The van der Waals surface area contributed by atoms with E-state index in [0.29, 0.717) is 18.8 Å². The van der Waals surface area contributed by atoms with Crippen molar-refractivity contribution in [2.45, 2.75) is 9.79 Å². The van der Waals surface area contributed by atoms with Crippen molar-refractivity contribution >= 4 is 23.4 Å². The molecule has 2 aromatic rings. The third kappa shape index (κ3) is 7.15. The van der Waals surface area contributed by atoms with Gasteiger partial charge in [-0.25, -0.2) is 0 Å². The maximum atomic E-state index is 12.4. The number of carbonyl (C=O) groups excluding carboxylic acids is 1. The van der Waals surface area contributed by atoms with Crippen LogP contribution in [-0.2, 0) is 9.53 Å². The first-order chi connectivity index (χ1) is 13.2. The van der Waals surface area contributed by atoms with Crippen LogP contribution in [0.4, 0.5) is 5.69 Å². The van der Waals surface area contributed by atoms with Crippen LogP contribution in [0.15, 0.2) is 76.2 Å². The van der Waals surface area contributed by atoms with Gasteiger partial charge in [-0.3, -0.25) is 4.79 Å². The summed E-state index contributed by atoms with van der Waals surface area (Å²) in [5, 5.41) is 23.5. The van der Waals surface area contributed by atoms with Gasteiger partial charge in [0.15, 0.2) is 0 Å². The molecular formula is C20H21N3O3S. The van der Waals surface area contributed by atoms with Gasteiger partial charge in [-0.1, -0.05) is 42.1 Å². The Hall–Kier alpha value is -2.79. The molecule has 0 saturated carbocycles. The minimum absolute atomic E-state index is 0.0309. The highest BCUT2D eigenvalue weighted by Gasteiger charge is 2.12. The molecule has 7 heteroatoms. The largest absolute Gasteiger partial charge is 0.394 e. The van der Waals surface area contributed by atoms with Gasteiger partial charge < -0.3 is 20.5 Å². The first kappa shape index (κ1) is 20.5. The van der Waals surface area contributed by atoms with Crippen LogP contribution in [0.3, 0.4) is 0 Å². The van der Waals surface area contributed by atoms with E-state index in [-0.39, 0.29) is 18.8 Å². The number of hydrogen-bond donors (Lipinski definition) is 3. The number of nitriles is 1. The normalized spacial score (nSPS) is 10.9. The highest BCUT2D eigenvalue weighted by molar-refractivity contribution is 7.99. The molecule has 0 bridgehead atoms. The Morgan fingerprint density at radius 3 is 2.63 bits per heavy atom. The van der Waals surface area contributed by atoms with Crippen molar-refractivity contribution in [3.63, 3.8) is 0 Å². The number of anilines is 1. The zero-order chi connectivity index (χ0) is 19.3. The molecule has 2 aromatic carbocycles. The molecule has 3 N–H and O–H groups in total. The highest BCUT2D eigenvalue weighted by atomic mass is 32.2. The summed E-state index contributed by atoms with van der Waals surface area (Å²) in [7, 11) is 0. The molecule has 0 aromatic heterocycles. The van der Waals surface area contributed by atoms with Crippen molar-refractivity contribution in [1.29, 1.82) is 5.26 Å². The maximum Gasteiger partial charge on any atom is 0.267 e. The first-order valence-electron chi connectivity index (χ1n) is 8.40. The number of amides is 1. The van der Waals surface area contributed by atoms with Crippen LogP contribution in [0, 0.1) is 11.3 Å². The Morgan fingerprint density at radius 1 is 1.15 bits per heavy atom. The lowest BCUT2D eigenvalue weighted by Crippen LogP contribution is -2.19. The molecule has 0 fully saturated rings. The van der Waals surface area contributed by atoms with Gasteiger partial charge in [-0.05, 0) is 24.3 Å². The minimum Gasteiger partial charge on any atom is -0.394 e. The fraction of sp³-hybridized carbons (Fsp3) is 0.200. The lowest BCUT2D eigenvalue weighted by atomic mass is 10.2. The van der Waals surface area contributed by atoms with E-state index in [1.165, 1.54) is 18.0 Å². The number of hydrogen-bond acceptors (Lipinski definition) is 6. The number of carbonyl (C=O) groups is 1. The molecule has 0 aliphatic heterocycles. The Kier molecular flexibility index (Phi) is 8.93. The van der Waals surface area contributed by atoms with Crippen molar-refractivity contribution in [3.8, 4) is 6.07 Å². The molecule has 0 aliphatic carbocycles. The van der Waals surface area contributed by atoms with E-state index in [1.54, 1.807) is 6.07 Å². The molecule has 2 rings (SSSR count). The number of para-hydroxylation sites is 1. The van der Waals surface area contributed by atoms with E-state index in [1.807, 2.05) is 54.6 Å². The summed E-state index contributed by atoms with van der Waals surface area (Å²) in [5.41, 5.74) is 0.612. The minimum atomic E-state index is -0.484. The summed E-state index contributed by atoms with van der Waals surface area (Å²) in [6, 6.07) is 19.2. The molecule has 0 saturated heterocycles. The summed E-state index contributed by atoms with van der Waals surface area (Å²) >= 11 is 1.53. The summed E-state index contributed by atoms with van der Waals surface area (Å²) in [4.78, 5) is 14.3. The lowest BCUT2D eigenvalue weighted by molar-refractivity contribution is -0.112. The number of ether oxygens (including phenoxy) is 1. The van der Waals surface area contributed by atoms with E-state index >= 15 is 0 Å². The molecule has 1 amide bonds. The average molecular weight is 383 g/mol. The smallest absolute Gasteiger partial charge is 0.267 e. The topological polar surface area (TPSA) is 94.4 Å². The summed E-state index contributed by atoms with van der Waals surface area (Å²) in [6.07, 6.45) is 1.37. The van der Waals surface area contributed by atoms with Gasteiger partial charge in [-0.2, -0.15) is 5.26 Å². The van der Waals surface area contributed by atoms with Gasteiger partial charge in [0.2, 0.25) is 0 Å². The van der Waals surface area contributed by atoms with E-state index in [0.717, 1.165) is 9.79 Å². The van der Waals surface area contributed by atoms with Crippen LogP contribution in [0.25, 0.3) is 0 Å². The van der Waals surface area contributed by atoms with Crippen LogP contribution in [0.2, 0.25) is 0 Å². The van der Waals surface area contributed by atoms with Gasteiger partial charge in [0.25, 0.3) is 5.91 Å². The number of aliphatic hydroxyl groups excluding tert-OH is 1. The summed E-state index contributed by atoms with van der Waals surface area (Å²) < 4.78 is 5.10. The molecule has 0 unspecified atom stereocenters. The van der Waals surface area contributed by atoms with Crippen molar-refractivity contribution in [2.75, 3.05) is 31.7 Å². The number of nitrogens with zero attached hydrogens (tertiary/aromatic N) is 1. The molecule has 27 heavy (non-hydrogen) atoms. The molecule has 0 spiro atoms. The second-order valence-corrected chi connectivity index (χ2v) is 6.44. The van der Waals surface area contributed by atoms with Crippen molar-refractivity contribution in [1.82, 2.24) is 5.32 Å². The van der Waals surface area contributed by atoms with Gasteiger partial charge in [0, 0.05) is 22.5 Å². The van der Waals surface area contributed by atoms with E-state index in [2.05, 4.69) is 10.6 Å². The fourth-order valence-electron chi connectivity index (χ4n) is 2.08. The first-order valence-corrected chi connectivity index (χ1v) is 9.21. The molecule has 140 valence electrons. The number of benzene rings is 2. The quantitative estimate of drug-likeness (QED) is 0.332. The molecule has 0 aliphatic rings. The van der Waals surface area contributed by atoms with Gasteiger partial charge in [0.1, 0.15) is 11.6 Å². The van der Waals surface area contributed by atoms with E-state index < -0.39 is 5.91 Å². The third-order valence-electron chi connectivity index (χ3n) is 3.34. The van der Waals surface area contributed by atoms with Gasteiger partial charge >= 0.3 is 0 Å². The number of rotatable bonds is 10. The Morgan fingerprint density at radius 2 is 1.89 bits per heavy atom. The van der Waals surface area contributed by atoms with Crippen LogP contribution < -0.4 is 10.6 Å². The zero-order valence-corrected chi connectivity index (χ0v) is 15.5. The molecule has 0 heterocycles. The van der Waals surface area contributed by atoms with Crippen LogP contribution in [-0.4, -0.2) is 37.4 Å². The van der Waals surface area contributed by atoms with Crippen LogP contribution in [0.5, 0.6) is 0 Å². The van der Waals surface area contributed by atoms with Crippen molar-refractivity contribution in [2.24, 2.45) is 0 Å². The highest BCUT2D eigenvalue weighted by Crippen LogP contribution is 2.33. The Labute approximate surface area is 162 Å².